The standard InChI is InChI=1S/C25H37N5O5/c1-5-7-21(22(32)27-17-31)30-16-19-18(23(30)33)8-6-9-20(19)26-10-11-28-12-14-29(15-13-28)24(34)35-25(2,3)4/h6,8-9,17,21,26H,5,7,10-16H2,1-4H3,(H,27,31,32). The molecule has 2 heterocycles. The van der Waals surface area contributed by atoms with Crippen molar-refractivity contribution in [2.75, 3.05) is 44.6 Å². The molecule has 0 saturated carbocycles. The summed E-state index contributed by atoms with van der Waals surface area (Å²) in [5.41, 5.74) is 1.82. The smallest absolute Gasteiger partial charge is 0.410 e. The van der Waals surface area contributed by atoms with Gasteiger partial charge >= 0.3 is 6.09 Å². The molecule has 0 spiro atoms. The molecule has 1 unspecified atom stereocenters. The number of anilines is 1. The summed E-state index contributed by atoms with van der Waals surface area (Å²) in [5, 5.41) is 5.64. The highest BCUT2D eigenvalue weighted by atomic mass is 16.6. The number of nitrogens with zero attached hydrogens (tertiary/aromatic N) is 3. The fourth-order valence-electron chi connectivity index (χ4n) is 4.46. The first kappa shape index (κ1) is 26.5. The molecule has 1 saturated heterocycles. The Morgan fingerprint density at radius 2 is 1.89 bits per heavy atom. The molecular formula is C25H37N5O5. The summed E-state index contributed by atoms with van der Waals surface area (Å²) in [5.74, 6) is -0.649. The number of benzene rings is 1. The second-order valence-corrected chi connectivity index (χ2v) is 9.93. The van der Waals surface area contributed by atoms with Crippen molar-refractivity contribution in [1.29, 1.82) is 0 Å². The number of carbonyl (C=O) groups excluding carboxylic acids is 4. The van der Waals surface area contributed by atoms with Crippen LogP contribution in [0.2, 0.25) is 0 Å². The van der Waals surface area contributed by atoms with Gasteiger partial charge in [0, 0.05) is 62.6 Å². The predicted molar refractivity (Wildman–Crippen MR) is 132 cm³/mol. The maximum Gasteiger partial charge on any atom is 0.410 e. The first-order valence-corrected chi connectivity index (χ1v) is 12.3. The van der Waals surface area contributed by atoms with Crippen LogP contribution < -0.4 is 10.6 Å². The Balaban J connectivity index is 1.54. The topological polar surface area (TPSA) is 111 Å². The van der Waals surface area contributed by atoms with Gasteiger partial charge in [0.05, 0.1) is 0 Å². The molecular weight excluding hydrogens is 450 g/mol. The van der Waals surface area contributed by atoms with Gasteiger partial charge in [-0.25, -0.2) is 4.79 Å². The molecule has 1 fully saturated rings. The third-order valence-electron chi connectivity index (χ3n) is 6.21. The van der Waals surface area contributed by atoms with Gasteiger partial charge in [-0.1, -0.05) is 19.4 Å². The Bertz CT molecular complexity index is 937. The zero-order valence-corrected chi connectivity index (χ0v) is 21.1. The lowest BCUT2D eigenvalue weighted by molar-refractivity contribution is -0.129. The number of ether oxygens (including phenoxy) is 1. The van der Waals surface area contributed by atoms with E-state index in [2.05, 4.69) is 15.5 Å². The van der Waals surface area contributed by atoms with E-state index >= 15 is 0 Å². The van der Waals surface area contributed by atoms with E-state index < -0.39 is 17.6 Å². The maximum atomic E-state index is 13.0. The van der Waals surface area contributed by atoms with Crippen LogP contribution in [0.25, 0.3) is 0 Å². The van der Waals surface area contributed by atoms with E-state index in [0.29, 0.717) is 51.0 Å². The van der Waals surface area contributed by atoms with E-state index in [4.69, 9.17) is 4.74 Å². The second kappa shape index (κ2) is 11.5. The van der Waals surface area contributed by atoms with Crippen molar-refractivity contribution >= 4 is 30.0 Å². The molecule has 1 aromatic rings. The number of imide groups is 1. The molecule has 0 aliphatic carbocycles. The average Bonchev–Trinajstić information content (AvgIpc) is 3.14. The average molecular weight is 488 g/mol. The molecule has 1 aromatic carbocycles. The number of amides is 4. The molecule has 35 heavy (non-hydrogen) atoms. The van der Waals surface area contributed by atoms with E-state index in [1.807, 2.05) is 39.8 Å². The van der Waals surface area contributed by atoms with E-state index in [1.54, 1.807) is 15.9 Å². The fraction of sp³-hybridized carbons (Fsp3) is 0.600. The van der Waals surface area contributed by atoms with Gasteiger partial charge in [0.15, 0.2) is 0 Å². The summed E-state index contributed by atoms with van der Waals surface area (Å²) >= 11 is 0. The number of hydrogen-bond donors (Lipinski definition) is 2. The Hall–Kier alpha value is -3.14. The summed E-state index contributed by atoms with van der Waals surface area (Å²) in [6.45, 7) is 12.1. The summed E-state index contributed by atoms with van der Waals surface area (Å²) in [6, 6.07) is 4.87. The van der Waals surface area contributed by atoms with Gasteiger partial charge in [-0.3, -0.25) is 24.6 Å². The number of rotatable bonds is 9. The number of hydrogen-bond acceptors (Lipinski definition) is 7. The van der Waals surface area contributed by atoms with Crippen LogP contribution >= 0.6 is 0 Å². The SMILES string of the molecule is CCCC(C(=O)NC=O)N1Cc2c(NCCN3CCN(C(=O)OC(C)(C)C)CC3)cccc2C1=O. The molecule has 2 N–H and O–H groups in total. The van der Waals surface area contributed by atoms with Crippen molar-refractivity contribution in [3.63, 3.8) is 0 Å². The minimum atomic E-state index is -0.681. The van der Waals surface area contributed by atoms with Crippen molar-refractivity contribution in [3.8, 4) is 0 Å². The third kappa shape index (κ3) is 6.72. The number of carbonyl (C=O) groups is 4. The van der Waals surface area contributed by atoms with Crippen molar-refractivity contribution in [2.24, 2.45) is 0 Å². The third-order valence-corrected chi connectivity index (χ3v) is 6.21. The van der Waals surface area contributed by atoms with Crippen LogP contribution in [0.3, 0.4) is 0 Å². The van der Waals surface area contributed by atoms with Gasteiger partial charge in [0.25, 0.3) is 5.91 Å². The highest BCUT2D eigenvalue weighted by molar-refractivity contribution is 6.03. The van der Waals surface area contributed by atoms with Gasteiger partial charge in [0.2, 0.25) is 12.3 Å². The highest BCUT2D eigenvalue weighted by Crippen LogP contribution is 2.31. The van der Waals surface area contributed by atoms with Gasteiger partial charge in [-0.15, -0.1) is 0 Å². The second-order valence-electron chi connectivity index (χ2n) is 9.93. The van der Waals surface area contributed by atoms with Crippen LogP contribution in [-0.4, -0.2) is 89.9 Å². The lowest BCUT2D eigenvalue weighted by Crippen LogP contribution is -2.50. The fourth-order valence-corrected chi connectivity index (χ4v) is 4.46. The highest BCUT2D eigenvalue weighted by Gasteiger charge is 2.37. The summed E-state index contributed by atoms with van der Waals surface area (Å²) in [6.07, 6.45) is 1.28. The molecule has 1 atom stereocenters. The van der Waals surface area contributed by atoms with Crippen LogP contribution in [0.4, 0.5) is 10.5 Å². The molecule has 0 aromatic heterocycles. The zero-order valence-electron chi connectivity index (χ0n) is 21.1. The van der Waals surface area contributed by atoms with Gasteiger partial charge < -0.3 is 19.9 Å². The van der Waals surface area contributed by atoms with Crippen LogP contribution in [-0.2, 0) is 20.9 Å². The van der Waals surface area contributed by atoms with Gasteiger partial charge in [0.1, 0.15) is 11.6 Å². The molecule has 2 aliphatic heterocycles. The van der Waals surface area contributed by atoms with Gasteiger partial charge in [-0.2, -0.15) is 0 Å². The first-order valence-electron chi connectivity index (χ1n) is 12.3. The Labute approximate surface area is 206 Å². The maximum absolute atomic E-state index is 13.0. The molecule has 0 bridgehead atoms. The quantitative estimate of drug-likeness (QED) is 0.513. The minimum absolute atomic E-state index is 0.193. The lowest BCUT2D eigenvalue weighted by atomic mass is 10.1. The van der Waals surface area contributed by atoms with Crippen molar-refractivity contribution < 1.29 is 23.9 Å². The van der Waals surface area contributed by atoms with Crippen LogP contribution in [0.15, 0.2) is 18.2 Å². The van der Waals surface area contributed by atoms with Crippen molar-refractivity contribution in [2.45, 2.75) is 58.7 Å². The van der Waals surface area contributed by atoms with Crippen LogP contribution in [0.5, 0.6) is 0 Å². The molecule has 192 valence electrons. The van der Waals surface area contributed by atoms with E-state index in [0.717, 1.165) is 30.9 Å². The predicted octanol–water partition coefficient (Wildman–Crippen LogP) is 2.05. The van der Waals surface area contributed by atoms with Crippen LogP contribution in [0.1, 0.15) is 56.5 Å². The largest absolute Gasteiger partial charge is 0.444 e. The molecule has 10 nitrogen and oxygen atoms in total. The van der Waals surface area contributed by atoms with Crippen molar-refractivity contribution in [3.05, 3.63) is 29.3 Å². The number of fused-ring (bicyclic) bond motifs is 1. The summed E-state index contributed by atoms with van der Waals surface area (Å²) < 4.78 is 5.45. The number of piperazine rings is 1. The van der Waals surface area contributed by atoms with E-state index in [1.165, 1.54) is 0 Å². The van der Waals surface area contributed by atoms with E-state index in [-0.39, 0.29) is 12.0 Å². The monoisotopic (exact) mass is 487 g/mol. The lowest BCUT2D eigenvalue weighted by Gasteiger charge is -2.35. The Morgan fingerprint density at radius 3 is 2.51 bits per heavy atom. The summed E-state index contributed by atoms with van der Waals surface area (Å²) in [4.78, 5) is 54.0. The first-order chi connectivity index (χ1) is 16.6. The minimum Gasteiger partial charge on any atom is -0.444 e. The Morgan fingerprint density at radius 1 is 1.17 bits per heavy atom. The summed E-state index contributed by atoms with van der Waals surface area (Å²) in [7, 11) is 0. The Kier molecular flexibility index (Phi) is 8.71. The van der Waals surface area contributed by atoms with Gasteiger partial charge in [-0.05, 0) is 39.3 Å². The van der Waals surface area contributed by atoms with Crippen molar-refractivity contribution in [1.82, 2.24) is 20.0 Å². The molecule has 4 amide bonds. The molecule has 2 aliphatic rings. The zero-order chi connectivity index (χ0) is 25.6. The van der Waals surface area contributed by atoms with Crippen LogP contribution in [0, 0.1) is 0 Å². The molecule has 10 heteroatoms. The normalized spacial score (nSPS) is 17.1. The van der Waals surface area contributed by atoms with E-state index in [9.17, 15) is 19.2 Å². The number of nitrogens with one attached hydrogen (secondary N) is 2. The molecule has 3 rings (SSSR count). The molecule has 0 radical (unpaired) electrons.